The summed E-state index contributed by atoms with van der Waals surface area (Å²) in [7, 11) is 0. The van der Waals surface area contributed by atoms with Gasteiger partial charge in [-0.2, -0.15) is 13.2 Å². The SMILES string of the molecule is OCc1sc(N2CC=C(C(F)(F)F)CC2)nc1Cl. The first-order valence-electron chi connectivity index (χ1n) is 5.19. The van der Waals surface area contributed by atoms with Gasteiger partial charge in [-0.15, -0.1) is 0 Å². The molecule has 1 aromatic heterocycles. The average molecular weight is 299 g/mol. The molecule has 1 aliphatic heterocycles. The first-order valence-corrected chi connectivity index (χ1v) is 6.38. The molecule has 0 atom stereocenters. The molecule has 0 amide bonds. The number of aliphatic hydroxyl groups excluding tert-OH is 1. The lowest BCUT2D eigenvalue weighted by molar-refractivity contribution is -0.0943. The maximum Gasteiger partial charge on any atom is 0.412 e. The number of aromatic nitrogens is 1. The lowest BCUT2D eigenvalue weighted by Gasteiger charge is -2.26. The van der Waals surface area contributed by atoms with E-state index >= 15 is 0 Å². The molecule has 1 aliphatic rings. The van der Waals surface area contributed by atoms with Gasteiger partial charge in [-0.05, 0) is 6.42 Å². The largest absolute Gasteiger partial charge is 0.412 e. The lowest BCUT2D eigenvalue weighted by atomic mass is 10.1. The van der Waals surface area contributed by atoms with Gasteiger partial charge >= 0.3 is 6.18 Å². The Labute approximate surface area is 111 Å². The second-order valence-corrected chi connectivity index (χ2v) is 5.21. The van der Waals surface area contributed by atoms with E-state index in [1.54, 1.807) is 4.90 Å². The van der Waals surface area contributed by atoms with Crippen LogP contribution in [0.1, 0.15) is 11.3 Å². The Morgan fingerprint density at radius 2 is 2.22 bits per heavy atom. The fourth-order valence-electron chi connectivity index (χ4n) is 1.65. The van der Waals surface area contributed by atoms with Crippen molar-refractivity contribution in [1.29, 1.82) is 0 Å². The van der Waals surface area contributed by atoms with Gasteiger partial charge in [0.05, 0.1) is 11.5 Å². The summed E-state index contributed by atoms with van der Waals surface area (Å²) in [5.41, 5.74) is -0.496. The molecule has 0 aliphatic carbocycles. The highest BCUT2D eigenvalue weighted by atomic mass is 35.5. The van der Waals surface area contributed by atoms with Crippen LogP contribution in [-0.2, 0) is 6.61 Å². The first-order chi connectivity index (χ1) is 8.41. The van der Waals surface area contributed by atoms with Crippen LogP contribution in [0.5, 0.6) is 0 Å². The van der Waals surface area contributed by atoms with Crippen LogP contribution in [-0.4, -0.2) is 29.4 Å². The molecule has 8 heteroatoms. The molecule has 0 saturated heterocycles. The molecule has 3 nitrogen and oxygen atoms in total. The number of hydrogen-bond acceptors (Lipinski definition) is 4. The third-order valence-electron chi connectivity index (χ3n) is 2.63. The monoisotopic (exact) mass is 298 g/mol. The fraction of sp³-hybridized carbons (Fsp3) is 0.500. The van der Waals surface area contributed by atoms with Crippen molar-refractivity contribution < 1.29 is 18.3 Å². The molecule has 0 spiro atoms. The van der Waals surface area contributed by atoms with E-state index in [4.69, 9.17) is 16.7 Å². The molecule has 2 rings (SSSR count). The number of thiazole rings is 1. The van der Waals surface area contributed by atoms with E-state index < -0.39 is 11.7 Å². The quantitative estimate of drug-likeness (QED) is 0.853. The molecule has 0 aromatic carbocycles. The zero-order valence-electron chi connectivity index (χ0n) is 9.17. The zero-order valence-corrected chi connectivity index (χ0v) is 10.7. The molecule has 1 N–H and O–H groups in total. The summed E-state index contributed by atoms with van der Waals surface area (Å²) < 4.78 is 37.3. The second kappa shape index (κ2) is 5.07. The van der Waals surface area contributed by atoms with Gasteiger partial charge in [0.1, 0.15) is 5.15 Å². The minimum atomic E-state index is -4.25. The van der Waals surface area contributed by atoms with Gasteiger partial charge in [0.2, 0.25) is 0 Å². The lowest BCUT2D eigenvalue weighted by Crippen LogP contribution is -2.31. The highest BCUT2D eigenvalue weighted by molar-refractivity contribution is 7.16. The molecule has 0 unspecified atom stereocenters. The van der Waals surface area contributed by atoms with Crippen LogP contribution >= 0.6 is 22.9 Å². The summed E-state index contributed by atoms with van der Waals surface area (Å²) in [6, 6.07) is 0. The molecular weight excluding hydrogens is 289 g/mol. The second-order valence-electron chi connectivity index (χ2n) is 3.79. The maximum absolute atomic E-state index is 12.4. The van der Waals surface area contributed by atoms with E-state index in [0.29, 0.717) is 10.0 Å². The summed E-state index contributed by atoms with van der Waals surface area (Å²) in [6.07, 6.45) is -3.14. The summed E-state index contributed by atoms with van der Waals surface area (Å²) in [6.45, 7) is 0.192. The predicted octanol–water partition coefficient (Wildman–Crippen LogP) is 2.99. The van der Waals surface area contributed by atoms with Crippen LogP contribution in [0.25, 0.3) is 0 Å². The van der Waals surface area contributed by atoms with Gasteiger partial charge in [-0.3, -0.25) is 0 Å². The van der Waals surface area contributed by atoms with Crippen LogP contribution < -0.4 is 4.90 Å². The Morgan fingerprint density at radius 3 is 2.67 bits per heavy atom. The summed E-state index contributed by atoms with van der Waals surface area (Å²) in [5.74, 6) is 0. The number of nitrogens with zero attached hydrogens (tertiary/aromatic N) is 2. The molecule has 0 saturated carbocycles. The van der Waals surface area contributed by atoms with Gasteiger partial charge in [-0.25, -0.2) is 4.98 Å². The van der Waals surface area contributed by atoms with Crippen LogP contribution in [0.2, 0.25) is 5.15 Å². The molecule has 0 bridgehead atoms. The number of halogens is 4. The Hall–Kier alpha value is -0.790. The van der Waals surface area contributed by atoms with Crippen molar-refractivity contribution in [2.45, 2.75) is 19.2 Å². The van der Waals surface area contributed by atoms with Crippen LogP contribution in [0.15, 0.2) is 11.6 Å². The molecule has 2 heterocycles. The Balaban J connectivity index is 2.11. The highest BCUT2D eigenvalue weighted by Crippen LogP contribution is 2.34. The molecule has 0 fully saturated rings. The van der Waals surface area contributed by atoms with Gasteiger partial charge in [0, 0.05) is 18.7 Å². The van der Waals surface area contributed by atoms with E-state index in [1.165, 1.54) is 11.3 Å². The van der Waals surface area contributed by atoms with Crippen LogP contribution in [0.4, 0.5) is 18.3 Å². The van der Waals surface area contributed by atoms with E-state index in [0.717, 1.165) is 6.08 Å². The van der Waals surface area contributed by atoms with Gasteiger partial charge in [0.15, 0.2) is 5.13 Å². The van der Waals surface area contributed by atoms with Crippen molar-refractivity contribution >= 4 is 28.1 Å². The van der Waals surface area contributed by atoms with Crippen molar-refractivity contribution in [2.75, 3.05) is 18.0 Å². The van der Waals surface area contributed by atoms with Gasteiger partial charge < -0.3 is 10.0 Å². The Kier molecular flexibility index (Phi) is 3.84. The van der Waals surface area contributed by atoms with Crippen molar-refractivity contribution in [1.82, 2.24) is 4.98 Å². The Bertz CT molecular complexity index is 472. The predicted molar refractivity (Wildman–Crippen MR) is 64.0 cm³/mol. The van der Waals surface area contributed by atoms with Gasteiger partial charge in [-0.1, -0.05) is 29.0 Å². The maximum atomic E-state index is 12.4. The van der Waals surface area contributed by atoms with Crippen molar-refractivity contribution in [3.05, 3.63) is 21.7 Å². The normalized spacial score (nSPS) is 16.9. The Morgan fingerprint density at radius 1 is 1.50 bits per heavy atom. The summed E-state index contributed by atoms with van der Waals surface area (Å²) >= 11 is 6.98. The van der Waals surface area contributed by atoms with E-state index in [-0.39, 0.29) is 31.3 Å². The molecule has 100 valence electrons. The van der Waals surface area contributed by atoms with E-state index in [9.17, 15) is 13.2 Å². The van der Waals surface area contributed by atoms with Crippen molar-refractivity contribution in [2.24, 2.45) is 0 Å². The number of anilines is 1. The van der Waals surface area contributed by atoms with E-state index in [1.807, 2.05) is 0 Å². The third kappa shape index (κ3) is 2.78. The smallest absolute Gasteiger partial charge is 0.391 e. The molecular formula is C10H10ClF3N2OS. The number of hydrogen-bond donors (Lipinski definition) is 1. The average Bonchev–Trinajstić information content (AvgIpc) is 2.69. The van der Waals surface area contributed by atoms with Gasteiger partial charge in [0.25, 0.3) is 0 Å². The summed E-state index contributed by atoms with van der Waals surface area (Å²) in [5, 5.41) is 9.74. The van der Waals surface area contributed by atoms with Crippen molar-refractivity contribution in [3.63, 3.8) is 0 Å². The molecule has 1 aromatic rings. The topological polar surface area (TPSA) is 36.4 Å². The minimum absolute atomic E-state index is 0.0604. The van der Waals surface area contributed by atoms with Crippen LogP contribution in [0.3, 0.4) is 0 Å². The fourth-order valence-corrected chi connectivity index (χ4v) is 2.81. The minimum Gasteiger partial charge on any atom is -0.391 e. The highest BCUT2D eigenvalue weighted by Gasteiger charge is 2.35. The first kappa shape index (κ1) is 13.6. The molecule has 18 heavy (non-hydrogen) atoms. The standard InChI is InChI=1S/C10H10ClF3N2OS/c11-8-7(5-17)18-9(15-8)16-3-1-6(2-4-16)10(12,13)14/h1,17H,2-5H2. The zero-order chi connectivity index (χ0) is 13.3. The number of alkyl halides is 3. The van der Waals surface area contributed by atoms with E-state index in [2.05, 4.69) is 4.98 Å². The van der Waals surface area contributed by atoms with Crippen LogP contribution in [0, 0.1) is 0 Å². The number of rotatable bonds is 2. The third-order valence-corrected chi connectivity index (χ3v) is 4.15. The summed E-state index contributed by atoms with van der Waals surface area (Å²) in [4.78, 5) is 6.27. The van der Waals surface area contributed by atoms with Crippen molar-refractivity contribution in [3.8, 4) is 0 Å². The molecule has 0 radical (unpaired) electrons. The number of aliphatic hydroxyl groups is 1.